The lowest BCUT2D eigenvalue weighted by Crippen LogP contribution is -2.22. The Kier molecular flexibility index (Phi) is 5.28. The first kappa shape index (κ1) is 13.9. The number of rotatable bonds is 7. The molecular weight excluding hydrogens is 234 g/mol. The Morgan fingerprint density at radius 2 is 1.95 bits per heavy atom. The topological polar surface area (TPSA) is 37.8 Å². The zero-order chi connectivity index (χ0) is 13.5. The maximum absolute atomic E-state index is 4.52. The molecule has 1 aromatic carbocycles. The van der Waals surface area contributed by atoms with E-state index in [2.05, 4.69) is 41.3 Å². The fourth-order valence-corrected chi connectivity index (χ4v) is 2.39. The zero-order valence-corrected chi connectivity index (χ0v) is 11.9. The van der Waals surface area contributed by atoms with Crippen LogP contribution in [0.25, 0.3) is 11.0 Å². The first-order chi connectivity index (χ1) is 9.36. The summed E-state index contributed by atoms with van der Waals surface area (Å²) in [4.78, 5) is 8.91. The molecule has 2 rings (SSSR count). The number of hydrogen-bond donors (Lipinski definition) is 1. The highest BCUT2D eigenvalue weighted by Crippen LogP contribution is 2.25. The molecule has 3 heteroatoms. The van der Waals surface area contributed by atoms with Gasteiger partial charge in [0.2, 0.25) is 0 Å². The van der Waals surface area contributed by atoms with Crippen molar-refractivity contribution in [3.63, 3.8) is 0 Å². The van der Waals surface area contributed by atoms with Crippen molar-refractivity contribution in [2.75, 3.05) is 6.54 Å². The number of benzene rings is 1. The summed E-state index contributed by atoms with van der Waals surface area (Å²) in [6, 6.07) is 6.68. The predicted molar refractivity (Wildman–Crippen MR) is 80.1 cm³/mol. The summed E-state index contributed by atoms with van der Waals surface area (Å²) < 4.78 is 0. The van der Waals surface area contributed by atoms with E-state index in [-0.39, 0.29) is 0 Å². The van der Waals surface area contributed by atoms with Crippen LogP contribution in [0.3, 0.4) is 0 Å². The Balaban J connectivity index is 2.31. The van der Waals surface area contributed by atoms with Crippen molar-refractivity contribution < 1.29 is 0 Å². The average molecular weight is 257 g/mol. The van der Waals surface area contributed by atoms with Crippen LogP contribution in [0.1, 0.15) is 51.1 Å². The number of aromatic nitrogens is 2. The Bertz CT molecular complexity index is 497. The summed E-state index contributed by atoms with van der Waals surface area (Å²) >= 11 is 0. The van der Waals surface area contributed by atoms with Crippen molar-refractivity contribution in [2.45, 2.75) is 45.6 Å². The second kappa shape index (κ2) is 7.19. The summed E-state index contributed by atoms with van der Waals surface area (Å²) in [5, 5.41) is 3.64. The molecule has 0 aliphatic carbocycles. The number of para-hydroxylation sites is 1. The quantitative estimate of drug-likeness (QED) is 0.818. The molecule has 3 nitrogen and oxygen atoms in total. The van der Waals surface area contributed by atoms with E-state index in [0.717, 1.165) is 30.4 Å². The van der Waals surface area contributed by atoms with Gasteiger partial charge in [-0.3, -0.25) is 9.97 Å². The molecule has 1 aromatic heterocycles. The van der Waals surface area contributed by atoms with Gasteiger partial charge in [-0.2, -0.15) is 0 Å². The average Bonchev–Trinajstić information content (AvgIpc) is 2.47. The van der Waals surface area contributed by atoms with Crippen LogP contribution in [-0.4, -0.2) is 16.5 Å². The highest BCUT2D eigenvalue weighted by molar-refractivity contribution is 5.78. The van der Waals surface area contributed by atoms with Gasteiger partial charge in [0.1, 0.15) is 0 Å². The van der Waals surface area contributed by atoms with E-state index in [9.17, 15) is 0 Å². The molecule has 2 aromatic rings. The van der Waals surface area contributed by atoms with Gasteiger partial charge in [0.15, 0.2) is 0 Å². The molecular formula is C16H23N3. The molecule has 1 unspecified atom stereocenters. The monoisotopic (exact) mass is 257 g/mol. The van der Waals surface area contributed by atoms with Crippen LogP contribution in [0.2, 0.25) is 0 Å². The van der Waals surface area contributed by atoms with Crippen LogP contribution in [0.15, 0.2) is 30.6 Å². The molecule has 1 N–H and O–H groups in total. The lowest BCUT2D eigenvalue weighted by Gasteiger charge is -2.19. The summed E-state index contributed by atoms with van der Waals surface area (Å²) in [5.41, 5.74) is 3.31. The second-order valence-corrected chi connectivity index (χ2v) is 4.92. The second-order valence-electron chi connectivity index (χ2n) is 4.92. The standard InChI is InChI=1S/C16H23N3/c1-3-5-8-14(17-10-4-2)13-7-6-9-15-16(13)19-12-11-18-15/h6-7,9,11-12,14,17H,3-5,8,10H2,1-2H3. The van der Waals surface area contributed by atoms with Crippen molar-refractivity contribution in [3.8, 4) is 0 Å². The van der Waals surface area contributed by atoms with Crippen LogP contribution in [0.5, 0.6) is 0 Å². The molecule has 0 amide bonds. The third kappa shape index (κ3) is 3.51. The molecule has 0 aliphatic rings. The van der Waals surface area contributed by atoms with Gasteiger partial charge in [-0.25, -0.2) is 0 Å². The van der Waals surface area contributed by atoms with Gasteiger partial charge in [-0.15, -0.1) is 0 Å². The fourth-order valence-electron chi connectivity index (χ4n) is 2.39. The molecule has 0 radical (unpaired) electrons. The Morgan fingerprint density at radius 3 is 2.74 bits per heavy atom. The van der Waals surface area contributed by atoms with Crippen molar-refractivity contribution in [1.82, 2.24) is 15.3 Å². The van der Waals surface area contributed by atoms with Crippen molar-refractivity contribution >= 4 is 11.0 Å². The highest BCUT2D eigenvalue weighted by Gasteiger charge is 2.14. The maximum Gasteiger partial charge on any atom is 0.0934 e. The molecule has 1 atom stereocenters. The molecule has 0 saturated carbocycles. The van der Waals surface area contributed by atoms with Gasteiger partial charge in [-0.1, -0.05) is 38.8 Å². The normalized spacial score (nSPS) is 12.7. The molecule has 0 aliphatic heterocycles. The van der Waals surface area contributed by atoms with E-state index in [1.807, 2.05) is 6.07 Å². The van der Waals surface area contributed by atoms with E-state index in [0.29, 0.717) is 6.04 Å². The summed E-state index contributed by atoms with van der Waals surface area (Å²) in [6.07, 6.45) is 8.30. The molecule has 0 spiro atoms. The maximum atomic E-state index is 4.52. The van der Waals surface area contributed by atoms with Crippen LogP contribution in [0.4, 0.5) is 0 Å². The van der Waals surface area contributed by atoms with Gasteiger partial charge in [0.25, 0.3) is 0 Å². The molecule has 0 saturated heterocycles. The zero-order valence-electron chi connectivity index (χ0n) is 11.9. The first-order valence-electron chi connectivity index (χ1n) is 7.29. The van der Waals surface area contributed by atoms with E-state index < -0.39 is 0 Å². The molecule has 19 heavy (non-hydrogen) atoms. The Labute approximate surface area is 115 Å². The smallest absolute Gasteiger partial charge is 0.0934 e. The summed E-state index contributed by atoms with van der Waals surface area (Å²) in [6.45, 7) is 5.48. The molecule has 0 bridgehead atoms. The van der Waals surface area contributed by atoms with E-state index in [1.54, 1.807) is 12.4 Å². The lowest BCUT2D eigenvalue weighted by molar-refractivity contribution is 0.483. The molecule has 102 valence electrons. The minimum Gasteiger partial charge on any atom is -0.310 e. The van der Waals surface area contributed by atoms with Crippen molar-refractivity contribution in [2.24, 2.45) is 0 Å². The van der Waals surface area contributed by atoms with E-state index in [4.69, 9.17) is 0 Å². The van der Waals surface area contributed by atoms with E-state index >= 15 is 0 Å². The number of nitrogens with zero attached hydrogens (tertiary/aromatic N) is 2. The van der Waals surface area contributed by atoms with Gasteiger partial charge < -0.3 is 5.32 Å². The first-order valence-corrected chi connectivity index (χ1v) is 7.29. The van der Waals surface area contributed by atoms with Crippen LogP contribution in [-0.2, 0) is 0 Å². The van der Waals surface area contributed by atoms with Crippen LogP contribution >= 0.6 is 0 Å². The minimum absolute atomic E-state index is 0.389. The Morgan fingerprint density at radius 1 is 1.11 bits per heavy atom. The number of unbranched alkanes of at least 4 members (excludes halogenated alkanes) is 1. The Hall–Kier alpha value is -1.48. The van der Waals surface area contributed by atoms with E-state index in [1.165, 1.54) is 18.4 Å². The third-order valence-corrected chi connectivity index (χ3v) is 3.39. The predicted octanol–water partition coefficient (Wildman–Crippen LogP) is 3.86. The van der Waals surface area contributed by atoms with Crippen LogP contribution in [0, 0.1) is 0 Å². The summed E-state index contributed by atoms with van der Waals surface area (Å²) in [5.74, 6) is 0. The highest BCUT2D eigenvalue weighted by atomic mass is 14.9. The fraction of sp³-hybridized carbons (Fsp3) is 0.500. The lowest BCUT2D eigenvalue weighted by atomic mass is 9.99. The van der Waals surface area contributed by atoms with Gasteiger partial charge in [0.05, 0.1) is 11.0 Å². The van der Waals surface area contributed by atoms with Crippen molar-refractivity contribution in [3.05, 3.63) is 36.2 Å². The SMILES string of the molecule is CCCCC(NCCC)c1cccc2nccnc12. The van der Waals surface area contributed by atoms with Gasteiger partial charge in [-0.05, 0) is 31.0 Å². The number of nitrogens with one attached hydrogen (secondary N) is 1. The number of fused-ring (bicyclic) bond motifs is 1. The largest absolute Gasteiger partial charge is 0.310 e. The summed E-state index contributed by atoms with van der Waals surface area (Å²) in [7, 11) is 0. The van der Waals surface area contributed by atoms with Gasteiger partial charge in [0, 0.05) is 18.4 Å². The minimum atomic E-state index is 0.389. The molecule has 1 heterocycles. The van der Waals surface area contributed by atoms with Gasteiger partial charge >= 0.3 is 0 Å². The number of hydrogen-bond acceptors (Lipinski definition) is 3. The van der Waals surface area contributed by atoms with Crippen LogP contribution < -0.4 is 5.32 Å². The third-order valence-electron chi connectivity index (χ3n) is 3.39. The van der Waals surface area contributed by atoms with Crippen molar-refractivity contribution in [1.29, 1.82) is 0 Å². The molecule has 0 fully saturated rings.